The van der Waals surface area contributed by atoms with Crippen LogP contribution >= 0.6 is 0 Å². The summed E-state index contributed by atoms with van der Waals surface area (Å²) in [5, 5.41) is 8.74. The van der Waals surface area contributed by atoms with Crippen molar-refractivity contribution < 1.29 is 0 Å². The molecule has 0 spiro atoms. The van der Waals surface area contributed by atoms with E-state index in [-0.39, 0.29) is 0 Å². The summed E-state index contributed by atoms with van der Waals surface area (Å²) in [5.41, 5.74) is 0. The molecule has 2 aromatic heterocycles. The van der Waals surface area contributed by atoms with E-state index < -0.39 is 0 Å². The molecule has 5 nitrogen and oxygen atoms in total. The fraction of sp³-hybridized carbons (Fsp3) is 0.300. The van der Waals surface area contributed by atoms with Gasteiger partial charge in [0, 0.05) is 37.9 Å². The van der Waals surface area contributed by atoms with Crippen LogP contribution in [0.5, 0.6) is 0 Å². The average molecular weight is 201 g/mol. The van der Waals surface area contributed by atoms with Crippen LogP contribution in [-0.2, 0) is 13.1 Å². The van der Waals surface area contributed by atoms with Gasteiger partial charge in [0.1, 0.15) is 6.07 Å². The highest BCUT2D eigenvalue weighted by atomic mass is 15.1. The number of aryl methyl sites for hydroxylation is 2. The molecule has 0 radical (unpaired) electrons. The predicted octanol–water partition coefficient (Wildman–Crippen LogP) is 1.04. The minimum Gasteiger partial charge on any atom is -0.337 e. The molecule has 0 aliphatic rings. The zero-order chi connectivity index (χ0) is 10.5. The molecule has 0 fully saturated rings. The van der Waals surface area contributed by atoms with E-state index in [2.05, 4.69) is 16.0 Å². The van der Waals surface area contributed by atoms with Crippen LogP contribution in [0, 0.1) is 11.3 Å². The molecule has 0 unspecified atom stereocenters. The normalized spacial score (nSPS) is 10.1. The van der Waals surface area contributed by atoms with Crippen molar-refractivity contribution in [2.24, 2.45) is 0 Å². The van der Waals surface area contributed by atoms with Crippen molar-refractivity contribution in [2.75, 3.05) is 0 Å². The Morgan fingerprint density at radius 1 is 1.27 bits per heavy atom. The molecule has 2 heterocycles. The van der Waals surface area contributed by atoms with Crippen LogP contribution in [0.3, 0.4) is 0 Å². The Hall–Kier alpha value is -2.09. The summed E-state index contributed by atoms with van der Waals surface area (Å²) in [5.74, 6) is 0.473. The van der Waals surface area contributed by atoms with Crippen LogP contribution in [0.15, 0.2) is 31.1 Å². The van der Waals surface area contributed by atoms with Crippen LogP contribution in [0.25, 0.3) is 0 Å². The number of hydrogen-bond acceptors (Lipinski definition) is 3. The van der Waals surface area contributed by atoms with Crippen LogP contribution in [0.4, 0.5) is 0 Å². The Bertz CT molecular complexity index is 448. The largest absolute Gasteiger partial charge is 0.337 e. The van der Waals surface area contributed by atoms with E-state index in [4.69, 9.17) is 5.26 Å². The fourth-order valence-electron chi connectivity index (χ4n) is 1.45. The third-order valence-electron chi connectivity index (χ3n) is 2.19. The van der Waals surface area contributed by atoms with Gasteiger partial charge in [-0.15, -0.1) is 0 Å². The topological polar surface area (TPSA) is 59.4 Å². The van der Waals surface area contributed by atoms with Gasteiger partial charge in [-0.05, 0) is 6.42 Å². The highest BCUT2D eigenvalue weighted by Crippen LogP contribution is 1.99. The van der Waals surface area contributed by atoms with Crippen molar-refractivity contribution in [1.29, 1.82) is 5.26 Å². The maximum atomic E-state index is 8.74. The first-order valence-corrected chi connectivity index (χ1v) is 4.77. The molecule has 0 aliphatic carbocycles. The van der Waals surface area contributed by atoms with Crippen LogP contribution in [-0.4, -0.2) is 19.1 Å². The number of rotatable bonds is 4. The Balaban J connectivity index is 1.87. The van der Waals surface area contributed by atoms with E-state index >= 15 is 0 Å². The zero-order valence-corrected chi connectivity index (χ0v) is 8.24. The van der Waals surface area contributed by atoms with Gasteiger partial charge in [0.2, 0.25) is 5.82 Å². The van der Waals surface area contributed by atoms with E-state index in [0.717, 1.165) is 19.5 Å². The number of imidazole rings is 2. The van der Waals surface area contributed by atoms with Gasteiger partial charge in [-0.2, -0.15) is 5.26 Å². The summed E-state index contributed by atoms with van der Waals surface area (Å²) < 4.78 is 3.87. The van der Waals surface area contributed by atoms with Gasteiger partial charge in [0.05, 0.1) is 6.33 Å². The Morgan fingerprint density at radius 3 is 2.93 bits per heavy atom. The Labute approximate surface area is 87.6 Å². The van der Waals surface area contributed by atoms with Crippen molar-refractivity contribution in [3.8, 4) is 6.07 Å². The lowest BCUT2D eigenvalue weighted by atomic mass is 10.4. The minimum atomic E-state index is 0.473. The van der Waals surface area contributed by atoms with Crippen molar-refractivity contribution in [3.63, 3.8) is 0 Å². The standard InChI is InChI=1S/C10H11N5/c11-8-10-13-3-7-15(10)5-1-4-14-6-2-12-9-14/h2-3,6-7,9H,1,4-5H2. The second-order valence-corrected chi connectivity index (χ2v) is 3.21. The van der Waals surface area contributed by atoms with Crippen LogP contribution < -0.4 is 0 Å². The number of nitrogens with zero attached hydrogens (tertiary/aromatic N) is 5. The summed E-state index contributed by atoms with van der Waals surface area (Å²) in [6, 6.07) is 2.05. The maximum absolute atomic E-state index is 8.74. The molecule has 0 aromatic carbocycles. The number of aromatic nitrogens is 4. The van der Waals surface area contributed by atoms with Crippen molar-refractivity contribution in [2.45, 2.75) is 19.5 Å². The first-order valence-electron chi connectivity index (χ1n) is 4.77. The fourth-order valence-corrected chi connectivity index (χ4v) is 1.45. The van der Waals surface area contributed by atoms with Crippen LogP contribution in [0.2, 0.25) is 0 Å². The van der Waals surface area contributed by atoms with Crippen LogP contribution in [0.1, 0.15) is 12.2 Å². The first-order chi connectivity index (χ1) is 7.40. The molecule has 15 heavy (non-hydrogen) atoms. The summed E-state index contributed by atoms with van der Waals surface area (Å²) in [7, 11) is 0. The van der Waals surface area contributed by atoms with E-state index in [9.17, 15) is 0 Å². The quantitative estimate of drug-likeness (QED) is 0.742. The van der Waals surface area contributed by atoms with Gasteiger partial charge in [0.15, 0.2) is 0 Å². The third kappa shape index (κ3) is 2.23. The lowest BCUT2D eigenvalue weighted by Crippen LogP contribution is -2.04. The van der Waals surface area contributed by atoms with E-state index in [1.165, 1.54) is 0 Å². The van der Waals surface area contributed by atoms with Crippen molar-refractivity contribution in [1.82, 2.24) is 19.1 Å². The molecule has 0 aliphatic heterocycles. The summed E-state index contributed by atoms with van der Waals surface area (Å²) >= 11 is 0. The molecule has 0 bridgehead atoms. The SMILES string of the molecule is N#Cc1nccn1CCCn1ccnc1. The molecular formula is C10H11N5. The van der Waals surface area contributed by atoms with Crippen molar-refractivity contribution in [3.05, 3.63) is 36.9 Å². The molecule has 0 saturated heterocycles. The summed E-state index contributed by atoms with van der Waals surface area (Å²) in [4.78, 5) is 7.90. The molecule has 2 aromatic rings. The molecule has 2 rings (SSSR count). The third-order valence-corrected chi connectivity index (χ3v) is 2.19. The van der Waals surface area contributed by atoms with Gasteiger partial charge in [-0.3, -0.25) is 0 Å². The highest BCUT2D eigenvalue weighted by Gasteiger charge is 1.99. The summed E-state index contributed by atoms with van der Waals surface area (Å²) in [6.45, 7) is 1.71. The minimum absolute atomic E-state index is 0.473. The molecule has 0 N–H and O–H groups in total. The second-order valence-electron chi connectivity index (χ2n) is 3.21. The lowest BCUT2D eigenvalue weighted by molar-refractivity contribution is 0.560. The number of nitriles is 1. The number of hydrogen-bond donors (Lipinski definition) is 0. The smallest absolute Gasteiger partial charge is 0.212 e. The zero-order valence-electron chi connectivity index (χ0n) is 8.24. The lowest BCUT2D eigenvalue weighted by Gasteiger charge is -2.03. The molecule has 0 amide bonds. The van der Waals surface area contributed by atoms with Gasteiger partial charge in [-0.1, -0.05) is 0 Å². The van der Waals surface area contributed by atoms with E-state index in [1.54, 1.807) is 18.7 Å². The predicted molar refractivity (Wildman–Crippen MR) is 53.8 cm³/mol. The highest BCUT2D eigenvalue weighted by molar-refractivity contribution is 5.10. The van der Waals surface area contributed by atoms with Gasteiger partial charge in [-0.25, -0.2) is 9.97 Å². The summed E-state index contributed by atoms with van der Waals surface area (Å²) in [6.07, 6.45) is 9.92. The second kappa shape index (κ2) is 4.42. The monoisotopic (exact) mass is 201 g/mol. The van der Waals surface area contributed by atoms with Gasteiger partial charge >= 0.3 is 0 Å². The molecule has 0 atom stereocenters. The van der Waals surface area contributed by atoms with Gasteiger partial charge in [0.25, 0.3) is 0 Å². The van der Waals surface area contributed by atoms with E-state index in [0.29, 0.717) is 5.82 Å². The Morgan fingerprint density at radius 2 is 2.20 bits per heavy atom. The van der Waals surface area contributed by atoms with Crippen molar-refractivity contribution >= 4 is 0 Å². The Kier molecular flexibility index (Phi) is 2.79. The molecule has 76 valence electrons. The van der Waals surface area contributed by atoms with Gasteiger partial charge < -0.3 is 9.13 Å². The van der Waals surface area contributed by atoms with E-state index in [1.807, 2.05) is 21.5 Å². The first kappa shape index (κ1) is 9.46. The molecule has 0 saturated carbocycles. The average Bonchev–Trinajstić information content (AvgIpc) is 2.88. The molecule has 5 heteroatoms. The molecular weight excluding hydrogens is 190 g/mol. The maximum Gasteiger partial charge on any atom is 0.212 e.